The van der Waals surface area contributed by atoms with Crippen molar-refractivity contribution in [3.05, 3.63) is 81.9 Å². The molecule has 222 valence electrons. The predicted octanol–water partition coefficient (Wildman–Crippen LogP) is 5.72. The highest BCUT2D eigenvalue weighted by atomic mass is 35.5. The normalized spacial score (nSPS) is 21.2. The molecule has 1 N–H and O–H groups in total. The molecule has 2 aliphatic carbocycles. The third kappa shape index (κ3) is 7.07. The summed E-state index contributed by atoms with van der Waals surface area (Å²) in [5.41, 5.74) is 1.58. The first-order valence-electron chi connectivity index (χ1n) is 14.9. The first-order valence-corrected chi connectivity index (χ1v) is 15.7. The molecule has 0 bridgehead atoms. The van der Waals surface area contributed by atoms with Gasteiger partial charge in [-0.05, 0) is 48.9 Å². The third-order valence-corrected chi connectivity index (χ3v) is 9.31. The zero-order valence-electron chi connectivity index (χ0n) is 23.6. The number of likely N-dealkylation sites (tertiary alicyclic amines) is 1. The monoisotopic (exact) mass is 609 g/mol. The molecule has 0 unspecified atom stereocenters. The predicted molar refractivity (Wildman–Crippen MR) is 163 cm³/mol. The molecule has 1 saturated heterocycles. The molecule has 1 saturated carbocycles. The number of carbonyl (C=O) groups is 4. The molecule has 2 aromatic rings. The van der Waals surface area contributed by atoms with Gasteiger partial charge in [0.2, 0.25) is 23.6 Å². The number of nitrogens with one attached hydrogen (secondary N) is 1. The van der Waals surface area contributed by atoms with Crippen LogP contribution in [0.3, 0.4) is 0 Å². The van der Waals surface area contributed by atoms with E-state index in [9.17, 15) is 19.2 Å². The number of benzene rings is 2. The van der Waals surface area contributed by atoms with Gasteiger partial charge in [-0.3, -0.25) is 24.1 Å². The molecule has 4 amide bonds. The SMILES string of the molecule is O=C(NC1CCCCC1)[C@@H](Cc1ccccc1)N(Cc1ccc(Cl)cc1Cl)C(=O)CCN1C(=O)[C@H]2CC=CC[C@H]2C1=O. The summed E-state index contributed by atoms with van der Waals surface area (Å²) in [5.74, 6) is -1.68. The highest BCUT2D eigenvalue weighted by Gasteiger charge is 2.47. The van der Waals surface area contributed by atoms with E-state index in [2.05, 4.69) is 5.32 Å². The Kier molecular flexibility index (Phi) is 10.0. The van der Waals surface area contributed by atoms with Crippen molar-refractivity contribution in [1.82, 2.24) is 15.1 Å². The fourth-order valence-corrected chi connectivity index (χ4v) is 6.84. The molecule has 2 aromatic carbocycles. The van der Waals surface area contributed by atoms with Crippen LogP contribution in [0.1, 0.15) is 62.5 Å². The van der Waals surface area contributed by atoms with E-state index in [1.54, 1.807) is 23.1 Å². The van der Waals surface area contributed by atoms with E-state index >= 15 is 0 Å². The maximum absolute atomic E-state index is 14.1. The molecule has 3 atom stereocenters. The lowest BCUT2D eigenvalue weighted by Gasteiger charge is -2.34. The van der Waals surface area contributed by atoms with Crippen molar-refractivity contribution in [2.75, 3.05) is 6.54 Å². The van der Waals surface area contributed by atoms with Gasteiger partial charge in [-0.15, -0.1) is 0 Å². The molecule has 5 rings (SSSR count). The second-order valence-electron chi connectivity index (χ2n) is 11.5. The van der Waals surface area contributed by atoms with Crippen molar-refractivity contribution in [3.8, 4) is 0 Å². The van der Waals surface area contributed by atoms with E-state index < -0.39 is 6.04 Å². The summed E-state index contributed by atoms with van der Waals surface area (Å²) in [4.78, 5) is 56.9. The van der Waals surface area contributed by atoms with E-state index in [4.69, 9.17) is 23.2 Å². The molecule has 2 fully saturated rings. The minimum absolute atomic E-state index is 0.0172. The van der Waals surface area contributed by atoms with Crippen molar-refractivity contribution < 1.29 is 19.2 Å². The highest BCUT2D eigenvalue weighted by Crippen LogP contribution is 2.35. The van der Waals surface area contributed by atoms with Crippen LogP contribution in [0.5, 0.6) is 0 Å². The number of rotatable bonds is 10. The minimum Gasteiger partial charge on any atom is -0.352 e. The Hall–Kier alpha value is -3.16. The average molecular weight is 611 g/mol. The van der Waals surface area contributed by atoms with E-state index in [1.165, 1.54) is 4.90 Å². The van der Waals surface area contributed by atoms with E-state index in [-0.39, 0.29) is 61.0 Å². The molecule has 7 nitrogen and oxygen atoms in total. The summed E-state index contributed by atoms with van der Waals surface area (Å²) >= 11 is 12.7. The smallest absolute Gasteiger partial charge is 0.243 e. The second-order valence-corrected chi connectivity index (χ2v) is 12.4. The summed E-state index contributed by atoms with van der Waals surface area (Å²) in [6, 6.07) is 13.9. The molecule has 3 aliphatic rings. The number of allylic oxidation sites excluding steroid dienone is 2. The third-order valence-electron chi connectivity index (χ3n) is 8.73. The number of nitrogens with zero attached hydrogens (tertiary/aromatic N) is 2. The van der Waals surface area contributed by atoms with Crippen molar-refractivity contribution in [2.45, 2.75) is 76.4 Å². The van der Waals surface area contributed by atoms with Gasteiger partial charge in [0.15, 0.2) is 0 Å². The number of imide groups is 1. The summed E-state index contributed by atoms with van der Waals surface area (Å²) in [6.07, 6.45) is 10.3. The molecule has 1 heterocycles. The number of amides is 4. The Morgan fingerprint density at radius 2 is 1.60 bits per heavy atom. The number of hydrogen-bond donors (Lipinski definition) is 1. The maximum atomic E-state index is 14.1. The summed E-state index contributed by atoms with van der Waals surface area (Å²) < 4.78 is 0. The molecular weight excluding hydrogens is 573 g/mol. The maximum Gasteiger partial charge on any atom is 0.243 e. The fourth-order valence-electron chi connectivity index (χ4n) is 6.37. The topological polar surface area (TPSA) is 86.8 Å². The average Bonchev–Trinajstić information content (AvgIpc) is 3.24. The van der Waals surface area contributed by atoms with Crippen LogP contribution in [0.25, 0.3) is 0 Å². The van der Waals surface area contributed by atoms with Crippen LogP contribution >= 0.6 is 23.2 Å². The van der Waals surface area contributed by atoms with Gasteiger partial charge in [-0.1, -0.05) is 91.0 Å². The van der Waals surface area contributed by atoms with E-state index in [0.717, 1.165) is 37.7 Å². The highest BCUT2D eigenvalue weighted by molar-refractivity contribution is 6.35. The van der Waals surface area contributed by atoms with Crippen molar-refractivity contribution >= 4 is 46.8 Å². The van der Waals surface area contributed by atoms with Crippen LogP contribution in [0.4, 0.5) is 0 Å². The lowest BCUT2D eigenvalue weighted by molar-refractivity contribution is -0.144. The van der Waals surface area contributed by atoms with Gasteiger partial charge < -0.3 is 10.2 Å². The molecule has 1 aliphatic heterocycles. The van der Waals surface area contributed by atoms with Gasteiger partial charge in [0.05, 0.1) is 11.8 Å². The zero-order chi connectivity index (χ0) is 29.6. The van der Waals surface area contributed by atoms with Crippen molar-refractivity contribution in [1.29, 1.82) is 0 Å². The van der Waals surface area contributed by atoms with Crippen LogP contribution in [-0.4, -0.2) is 52.1 Å². The number of fused-ring (bicyclic) bond motifs is 1. The standard InChI is InChI=1S/C33H37Cl2N3O4/c34-24-16-15-23(28(35)20-24)21-38(30(39)17-18-37-32(41)26-13-7-8-14-27(26)33(37)42)29(19-22-9-3-1-4-10-22)31(40)36-25-11-5-2-6-12-25/h1,3-4,7-10,15-16,20,25-27,29H,2,5-6,11-14,17-19,21H2,(H,36,40)/t26-,27+,29-/m1/s1. The second kappa shape index (κ2) is 13.9. The number of hydrogen-bond acceptors (Lipinski definition) is 4. The van der Waals surface area contributed by atoms with Crippen LogP contribution < -0.4 is 5.32 Å². The fraction of sp³-hybridized carbons (Fsp3) is 0.455. The van der Waals surface area contributed by atoms with Crippen LogP contribution in [0.2, 0.25) is 10.0 Å². The van der Waals surface area contributed by atoms with E-state index in [0.29, 0.717) is 34.9 Å². The summed E-state index contributed by atoms with van der Waals surface area (Å²) in [6.45, 7) is 0.0676. The Morgan fingerprint density at radius 1 is 0.929 bits per heavy atom. The van der Waals surface area contributed by atoms with Crippen molar-refractivity contribution in [3.63, 3.8) is 0 Å². The summed E-state index contributed by atoms with van der Waals surface area (Å²) in [7, 11) is 0. The molecular formula is C33H37Cl2N3O4. The van der Waals surface area contributed by atoms with Gasteiger partial charge in [-0.25, -0.2) is 0 Å². The van der Waals surface area contributed by atoms with Crippen LogP contribution in [0, 0.1) is 11.8 Å². The van der Waals surface area contributed by atoms with Gasteiger partial charge in [-0.2, -0.15) is 0 Å². The van der Waals surface area contributed by atoms with E-state index in [1.807, 2.05) is 42.5 Å². The Balaban J connectivity index is 1.41. The molecule has 0 spiro atoms. The zero-order valence-corrected chi connectivity index (χ0v) is 25.2. The molecule has 0 radical (unpaired) electrons. The molecule has 42 heavy (non-hydrogen) atoms. The Bertz CT molecular complexity index is 1320. The van der Waals surface area contributed by atoms with Gasteiger partial charge in [0.1, 0.15) is 6.04 Å². The van der Waals surface area contributed by atoms with Gasteiger partial charge in [0.25, 0.3) is 0 Å². The minimum atomic E-state index is -0.815. The lowest BCUT2D eigenvalue weighted by Crippen LogP contribution is -2.53. The Morgan fingerprint density at radius 3 is 2.24 bits per heavy atom. The number of carbonyl (C=O) groups excluding carboxylic acids is 4. The quantitative estimate of drug-likeness (QED) is 0.275. The largest absolute Gasteiger partial charge is 0.352 e. The number of halogens is 2. The van der Waals surface area contributed by atoms with Gasteiger partial charge in [0, 0.05) is 42.0 Å². The first-order chi connectivity index (χ1) is 20.3. The van der Waals surface area contributed by atoms with Gasteiger partial charge >= 0.3 is 0 Å². The first kappa shape index (κ1) is 30.3. The lowest BCUT2D eigenvalue weighted by atomic mass is 9.85. The van der Waals surface area contributed by atoms with Crippen LogP contribution in [0.15, 0.2) is 60.7 Å². The van der Waals surface area contributed by atoms with Crippen molar-refractivity contribution in [2.24, 2.45) is 11.8 Å². The molecule has 0 aromatic heterocycles. The summed E-state index contributed by atoms with van der Waals surface area (Å²) in [5, 5.41) is 4.08. The molecule has 9 heteroatoms. The Labute approximate surface area is 257 Å². The van der Waals surface area contributed by atoms with Crippen LogP contribution in [-0.2, 0) is 32.1 Å².